The van der Waals surface area contributed by atoms with Crippen molar-refractivity contribution in [2.45, 2.75) is 19.4 Å². The second kappa shape index (κ2) is 6.34. The number of carbonyl (C=O) groups is 1. The van der Waals surface area contributed by atoms with Crippen molar-refractivity contribution in [2.24, 2.45) is 0 Å². The third-order valence-corrected chi connectivity index (χ3v) is 4.53. The molecule has 3 heterocycles. The van der Waals surface area contributed by atoms with Crippen LogP contribution in [0, 0.1) is 6.92 Å². The number of aromatic nitrogens is 5. The summed E-state index contributed by atoms with van der Waals surface area (Å²) >= 11 is 0. The van der Waals surface area contributed by atoms with E-state index in [1.165, 1.54) is 0 Å². The number of nitrogens with zero attached hydrogens (tertiary/aromatic N) is 5. The normalized spacial score (nSPS) is 14.6. The van der Waals surface area contributed by atoms with Crippen LogP contribution >= 0.6 is 0 Å². The molecule has 2 aromatic heterocycles. The molecule has 0 aliphatic carbocycles. The summed E-state index contributed by atoms with van der Waals surface area (Å²) in [5.41, 5.74) is -0.0952. The van der Waals surface area contributed by atoms with Crippen molar-refractivity contribution < 1.29 is 9.90 Å². The van der Waals surface area contributed by atoms with Crippen LogP contribution in [-0.4, -0.2) is 60.6 Å². The first-order chi connectivity index (χ1) is 12.6. The number of nitrogens with one attached hydrogen (secondary N) is 1. The zero-order valence-corrected chi connectivity index (χ0v) is 14.2. The SMILES string of the molecule is Cc1nc(C2CN(C(=O)c3nn(CCO)c(=O)c4ccccc34)C2)n[nH]1. The van der Waals surface area contributed by atoms with Crippen LogP contribution in [0.4, 0.5) is 0 Å². The van der Waals surface area contributed by atoms with Crippen molar-refractivity contribution in [3.05, 3.63) is 52.0 Å². The molecule has 0 radical (unpaired) electrons. The minimum absolute atomic E-state index is 0.0447. The maximum Gasteiger partial charge on any atom is 0.274 e. The molecule has 3 aromatic rings. The van der Waals surface area contributed by atoms with Crippen molar-refractivity contribution in [2.75, 3.05) is 19.7 Å². The molecular weight excluding hydrogens is 336 g/mol. The number of rotatable bonds is 4. The van der Waals surface area contributed by atoms with E-state index in [1.807, 2.05) is 6.92 Å². The molecule has 0 bridgehead atoms. The number of aliphatic hydroxyl groups excluding tert-OH is 1. The molecule has 0 unspecified atom stereocenters. The molecule has 1 amide bonds. The molecule has 26 heavy (non-hydrogen) atoms. The second-order valence-electron chi connectivity index (χ2n) is 6.33. The molecule has 1 aliphatic heterocycles. The average Bonchev–Trinajstić information content (AvgIpc) is 3.02. The first kappa shape index (κ1) is 16.4. The molecule has 0 spiro atoms. The largest absolute Gasteiger partial charge is 0.394 e. The molecule has 0 atom stereocenters. The molecule has 1 saturated heterocycles. The van der Waals surface area contributed by atoms with Gasteiger partial charge in [0, 0.05) is 18.5 Å². The molecular formula is C17H18N6O3. The van der Waals surface area contributed by atoms with Crippen LogP contribution in [0.2, 0.25) is 0 Å². The van der Waals surface area contributed by atoms with E-state index in [9.17, 15) is 9.59 Å². The quantitative estimate of drug-likeness (QED) is 0.684. The van der Waals surface area contributed by atoms with E-state index in [0.29, 0.717) is 29.7 Å². The van der Waals surface area contributed by atoms with Gasteiger partial charge in [0.25, 0.3) is 11.5 Å². The Morgan fingerprint density at radius 2 is 2.04 bits per heavy atom. The lowest BCUT2D eigenvalue weighted by Crippen LogP contribution is -2.49. The van der Waals surface area contributed by atoms with E-state index in [0.717, 1.165) is 10.5 Å². The van der Waals surface area contributed by atoms with Gasteiger partial charge in [-0.05, 0) is 13.0 Å². The summed E-state index contributed by atoms with van der Waals surface area (Å²) in [5, 5.41) is 21.3. The summed E-state index contributed by atoms with van der Waals surface area (Å²) in [4.78, 5) is 31.3. The van der Waals surface area contributed by atoms with Gasteiger partial charge in [0.1, 0.15) is 5.82 Å². The van der Waals surface area contributed by atoms with E-state index in [4.69, 9.17) is 5.11 Å². The van der Waals surface area contributed by atoms with Gasteiger partial charge in [0.05, 0.1) is 24.5 Å². The number of carbonyl (C=O) groups excluding carboxylic acids is 1. The Bertz CT molecular complexity index is 1030. The van der Waals surface area contributed by atoms with Gasteiger partial charge >= 0.3 is 0 Å². The van der Waals surface area contributed by atoms with Crippen LogP contribution < -0.4 is 5.56 Å². The summed E-state index contributed by atoms with van der Waals surface area (Å²) in [6.45, 7) is 2.66. The van der Waals surface area contributed by atoms with Crippen molar-refractivity contribution >= 4 is 16.7 Å². The smallest absolute Gasteiger partial charge is 0.274 e. The highest BCUT2D eigenvalue weighted by Crippen LogP contribution is 2.27. The Morgan fingerprint density at radius 3 is 2.69 bits per heavy atom. The lowest BCUT2D eigenvalue weighted by Gasteiger charge is -2.37. The highest BCUT2D eigenvalue weighted by Gasteiger charge is 2.36. The number of amides is 1. The van der Waals surface area contributed by atoms with Crippen LogP contribution in [0.3, 0.4) is 0 Å². The van der Waals surface area contributed by atoms with Crippen molar-refractivity contribution in [1.82, 2.24) is 29.9 Å². The molecule has 4 rings (SSSR count). The van der Waals surface area contributed by atoms with Crippen LogP contribution in [-0.2, 0) is 6.54 Å². The summed E-state index contributed by atoms with van der Waals surface area (Å²) in [6.07, 6.45) is 0. The molecule has 1 aromatic carbocycles. The van der Waals surface area contributed by atoms with Crippen LogP contribution in [0.5, 0.6) is 0 Å². The van der Waals surface area contributed by atoms with E-state index < -0.39 is 0 Å². The first-order valence-electron chi connectivity index (χ1n) is 8.37. The molecule has 134 valence electrons. The van der Waals surface area contributed by atoms with Gasteiger partial charge in [-0.1, -0.05) is 18.2 Å². The summed E-state index contributed by atoms with van der Waals surface area (Å²) in [6, 6.07) is 6.90. The van der Waals surface area contributed by atoms with Gasteiger partial charge in [0.2, 0.25) is 0 Å². The summed E-state index contributed by atoms with van der Waals surface area (Å²) < 4.78 is 1.14. The molecule has 2 N–H and O–H groups in total. The number of aryl methyl sites for hydroxylation is 1. The first-order valence-corrected chi connectivity index (χ1v) is 8.37. The Kier molecular flexibility index (Phi) is 4.00. The molecule has 9 nitrogen and oxygen atoms in total. The molecule has 0 saturated carbocycles. The van der Waals surface area contributed by atoms with Gasteiger partial charge in [-0.15, -0.1) is 0 Å². The number of likely N-dealkylation sites (tertiary alicyclic amines) is 1. The van der Waals surface area contributed by atoms with Gasteiger partial charge in [0.15, 0.2) is 11.5 Å². The van der Waals surface area contributed by atoms with Gasteiger partial charge in [-0.3, -0.25) is 14.7 Å². The van der Waals surface area contributed by atoms with Crippen LogP contribution in [0.25, 0.3) is 10.8 Å². The Labute approximate surface area is 148 Å². The second-order valence-corrected chi connectivity index (χ2v) is 6.33. The van der Waals surface area contributed by atoms with Crippen molar-refractivity contribution in [3.63, 3.8) is 0 Å². The van der Waals surface area contributed by atoms with Gasteiger partial charge in [-0.2, -0.15) is 10.2 Å². The highest BCUT2D eigenvalue weighted by atomic mass is 16.3. The highest BCUT2D eigenvalue weighted by molar-refractivity contribution is 6.05. The Morgan fingerprint density at radius 1 is 1.31 bits per heavy atom. The maximum atomic E-state index is 12.9. The molecule has 1 aliphatic rings. The Balaban J connectivity index is 1.65. The number of benzene rings is 1. The summed E-state index contributed by atoms with van der Waals surface area (Å²) in [7, 11) is 0. The van der Waals surface area contributed by atoms with Gasteiger partial charge in [-0.25, -0.2) is 9.67 Å². The predicted molar refractivity (Wildman–Crippen MR) is 92.9 cm³/mol. The van der Waals surface area contributed by atoms with E-state index in [2.05, 4.69) is 20.3 Å². The number of hydrogen-bond acceptors (Lipinski definition) is 6. The fourth-order valence-electron chi connectivity index (χ4n) is 3.14. The fourth-order valence-corrected chi connectivity index (χ4v) is 3.14. The van der Waals surface area contributed by atoms with Gasteiger partial charge < -0.3 is 10.0 Å². The Hall–Kier alpha value is -3.07. The molecule has 1 fully saturated rings. The van der Waals surface area contributed by atoms with E-state index in [1.54, 1.807) is 29.2 Å². The monoisotopic (exact) mass is 354 g/mol. The van der Waals surface area contributed by atoms with Crippen LogP contribution in [0.15, 0.2) is 29.1 Å². The lowest BCUT2D eigenvalue weighted by molar-refractivity contribution is 0.0588. The lowest BCUT2D eigenvalue weighted by atomic mass is 9.98. The minimum atomic E-state index is -0.316. The minimum Gasteiger partial charge on any atom is -0.394 e. The number of fused-ring (bicyclic) bond motifs is 1. The fraction of sp³-hybridized carbons (Fsp3) is 0.353. The predicted octanol–water partition coefficient (Wildman–Crippen LogP) is 0.0549. The molecule has 9 heteroatoms. The zero-order valence-electron chi connectivity index (χ0n) is 14.2. The van der Waals surface area contributed by atoms with Crippen molar-refractivity contribution in [1.29, 1.82) is 0 Å². The van der Waals surface area contributed by atoms with Crippen LogP contribution in [0.1, 0.15) is 28.1 Å². The average molecular weight is 354 g/mol. The number of hydrogen-bond donors (Lipinski definition) is 2. The van der Waals surface area contributed by atoms with Crippen molar-refractivity contribution in [3.8, 4) is 0 Å². The zero-order chi connectivity index (χ0) is 18.3. The maximum absolute atomic E-state index is 12.9. The topological polar surface area (TPSA) is 117 Å². The van der Waals surface area contributed by atoms with E-state index in [-0.39, 0.29) is 36.2 Å². The number of aliphatic hydroxyl groups is 1. The van der Waals surface area contributed by atoms with E-state index >= 15 is 0 Å². The number of aromatic amines is 1. The third-order valence-electron chi connectivity index (χ3n) is 4.53. The number of H-pyrrole nitrogens is 1. The summed E-state index contributed by atoms with van der Waals surface area (Å²) in [5.74, 6) is 1.30. The third kappa shape index (κ3) is 2.66. The standard InChI is InChI=1S/C17H18N6O3/c1-10-18-15(20-19-10)11-8-22(9-11)17(26)14-12-4-2-3-5-13(12)16(25)23(21-14)6-7-24/h2-5,11,24H,6-9H2,1H3,(H,18,19,20).